The Morgan fingerprint density at radius 2 is 2.50 bits per heavy atom. The Morgan fingerprint density at radius 1 is 1.57 bits per heavy atom. The number of nitrogens with one attached hydrogen (secondary N) is 1. The summed E-state index contributed by atoms with van der Waals surface area (Å²) >= 11 is 0. The normalized spacial score (nSPS) is 16.5. The van der Waals surface area contributed by atoms with Gasteiger partial charge in [0.05, 0.1) is 13.2 Å². The average molecular weight is 195 g/mol. The van der Waals surface area contributed by atoms with Gasteiger partial charge in [-0.25, -0.2) is 0 Å². The molecule has 1 aromatic heterocycles. The minimum Gasteiger partial charge on any atom is -0.377 e. The number of hydrogen-bond acceptors (Lipinski definition) is 5. The molecule has 1 N–H and O–H groups in total. The van der Waals surface area contributed by atoms with Crippen LogP contribution in [0.25, 0.3) is 0 Å². The maximum absolute atomic E-state index is 5.20. The van der Waals surface area contributed by atoms with Crippen LogP contribution in [-0.4, -0.2) is 29.9 Å². The number of nitrogens with zero attached hydrogens (tertiary/aromatic N) is 2. The average Bonchev–Trinajstić information content (AvgIpc) is 2.63. The third-order valence-electron chi connectivity index (χ3n) is 2.05. The lowest BCUT2D eigenvalue weighted by atomic mass is 10.1. The van der Waals surface area contributed by atoms with E-state index in [1.165, 1.54) is 5.57 Å². The summed E-state index contributed by atoms with van der Waals surface area (Å²) in [5.41, 5.74) is 1.33. The largest absolute Gasteiger partial charge is 0.377 e. The molecule has 0 radical (unpaired) electrons. The van der Waals surface area contributed by atoms with Gasteiger partial charge in [-0.1, -0.05) is 16.8 Å². The Kier molecular flexibility index (Phi) is 2.78. The summed E-state index contributed by atoms with van der Waals surface area (Å²) in [5.74, 6) is 0.647. The Labute approximate surface area is 82.1 Å². The summed E-state index contributed by atoms with van der Waals surface area (Å²) in [6.45, 7) is 4.06. The van der Waals surface area contributed by atoms with Gasteiger partial charge in [0, 0.05) is 6.54 Å². The third kappa shape index (κ3) is 2.32. The van der Waals surface area contributed by atoms with Crippen LogP contribution in [0.5, 0.6) is 0 Å². The number of ether oxygens (including phenoxy) is 1. The molecule has 76 valence electrons. The van der Waals surface area contributed by atoms with Gasteiger partial charge in [-0.3, -0.25) is 0 Å². The van der Waals surface area contributed by atoms with Gasteiger partial charge in [-0.2, -0.15) is 4.98 Å². The van der Waals surface area contributed by atoms with E-state index in [2.05, 4.69) is 21.5 Å². The lowest BCUT2D eigenvalue weighted by molar-refractivity contribution is 0.154. The Morgan fingerprint density at radius 3 is 3.14 bits per heavy atom. The van der Waals surface area contributed by atoms with E-state index in [0.29, 0.717) is 18.4 Å². The fourth-order valence-corrected chi connectivity index (χ4v) is 1.28. The van der Waals surface area contributed by atoms with E-state index in [4.69, 9.17) is 9.26 Å². The van der Waals surface area contributed by atoms with Crippen LogP contribution in [0, 0.1) is 6.92 Å². The Balaban J connectivity index is 1.84. The molecule has 0 fully saturated rings. The predicted molar refractivity (Wildman–Crippen MR) is 51.0 cm³/mol. The number of aromatic nitrogens is 2. The molecule has 1 aliphatic heterocycles. The molecule has 0 aliphatic carbocycles. The fourth-order valence-electron chi connectivity index (χ4n) is 1.28. The van der Waals surface area contributed by atoms with Crippen molar-refractivity contribution < 1.29 is 9.26 Å². The first kappa shape index (κ1) is 9.21. The van der Waals surface area contributed by atoms with E-state index >= 15 is 0 Å². The highest BCUT2D eigenvalue weighted by Gasteiger charge is 2.05. The molecule has 0 saturated heterocycles. The number of hydrogen-bond donors (Lipinski definition) is 1. The molecule has 0 bridgehead atoms. The van der Waals surface area contributed by atoms with Crippen LogP contribution >= 0.6 is 0 Å². The highest BCUT2D eigenvalue weighted by molar-refractivity contribution is 5.23. The summed E-state index contributed by atoms with van der Waals surface area (Å²) in [6.07, 6.45) is 3.06. The second-order valence-corrected chi connectivity index (χ2v) is 3.19. The second kappa shape index (κ2) is 4.23. The first-order chi connectivity index (χ1) is 6.84. The van der Waals surface area contributed by atoms with Gasteiger partial charge in [0.25, 0.3) is 0 Å². The molecule has 14 heavy (non-hydrogen) atoms. The maximum Gasteiger partial charge on any atom is 0.321 e. The molecular weight excluding hydrogens is 182 g/mol. The molecule has 0 unspecified atom stereocenters. The van der Waals surface area contributed by atoms with Crippen molar-refractivity contribution in [3.05, 3.63) is 17.5 Å². The van der Waals surface area contributed by atoms with Gasteiger partial charge in [-0.15, -0.1) is 0 Å². The van der Waals surface area contributed by atoms with E-state index in [1.54, 1.807) is 6.92 Å². The molecule has 0 atom stereocenters. The zero-order chi connectivity index (χ0) is 9.80. The molecule has 0 aromatic carbocycles. The molecule has 0 saturated carbocycles. The minimum atomic E-state index is 0.481. The van der Waals surface area contributed by atoms with Crippen molar-refractivity contribution in [2.24, 2.45) is 0 Å². The van der Waals surface area contributed by atoms with Gasteiger partial charge >= 0.3 is 6.01 Å². The Bertz CT molecular complexity index is 333. The van der Waals surface area contributed by atoms with Crippen molar-refractivity contribution in [2.75, 3.05) is 25.1 Å². The van der Waals surface area contributed by atoms with E-state index < -0.39 is 0 Å². The summed E-state index contributed by atoms with van der Waals surface area (Å²) in [4.78, 5) is 4.05. The summed E-state index contributed by atoms with van der Waals surface area (Å²) in [6, 6.07) is 0.481. The zero-order valence-electron chi connectivity index (χ0n) is 8.12. The molecule has 1 aliphatic rings. The SMILES string of the molecule is Cc1noc(NCC2=CCOCC2)n1. The summed E-state index contributed by atoms with van der Waals surface area (Å²) in [7, 11) is 0. The molecule has 0 amide bonds. The van der Waals surface area contributed by atoms with E-state index in [-0.39, 0.29) is 0 Å². The van der Waals surface area contributed by atoms with Crippen molar-refractivity contribution in [1.29, 1.82) is 0 Å². The highest BCUT2D eigenvalue weighted by atomic mass is 16.5. The molecule has 5 heteroatoms. The van der Waals surface area contributed by atoms with Gasteiger partial charge in [0.15, 0.2) is 5.82 Å². The van der Waals surface area contributed by atoms with Crippen LogP contribution in [0.1, 0.15) is 12.2 Å². The predicted octanol–water partition coefficient (Wildman–Crippen LogP) is 1.14. The van der Waals surface area contributed by atoms with Crippen LogP contribution < -0.4 is 5.32 Å². The van der Waals surface area contributed by atoms with Gasteiger partial charge in [0.1, 0.15) is 0 Å². The third-order valence-corrected chi connectivity index (χ3v) is 2.05. The minimum absolute atomic E-state index is 0.481. The van der Waals surface area contributed by atoms with Crippen molar-refractivity contribution in [1.82, 2.24) is 10.1 Å². The lowest BCUT2D eigenvalue weighted by Crippen LogP contribution is -2.12. The monoisotopic (exact) mass is 195 g/mol. The molecule has 1 aromatic rings. The maximum atomic E-state index is 5.20. The van der Waals surface area contributed by atoms with Crippen LogP contribution in [0.15, 0.2) is 16.2 Å². The van der Waals surface area contributed by atoms with Crippen LogP contribution in [0.4, 0.5) is 6.01 Å². The summed E-state index contributed by atoms with van der Waals surface area (Å²) in [5, 5.41) is 6.76. The van der Waals surface area contributed by atoms with E-state index in [1.807, 2.05) is 0 Å². The number of rotatable bonds is 3. The van der Waals surface area contributed by atoms with Gasteiger partial charge in [-0.05, 0) is 13.3 Å². The van der Waals surface area contributed by atoms with Crippen molar-refractivity contribution in [2.45, 2.75) is 13.3 Å². The first-order valence-corrected chi connectivity index (χ1v) is 4.64. The van der Waals surface area contributed by atoms with Crippen LogP contribution in [0.2, 0.25) is 0 Å². The molecular formula is C9H13N3O2. The fraction of sp³-hybridized carbons (Fsp3) is 0.556. The molecule has 2 heterocycles. The quantitative estimate of drug-likeness (QED) is 0.733. The molecule has 0 spiro atoms. The van der Waals surface area contributed by atoms with Crippen molar-refractivity contribution in [3.63, 3.8) is 0 Å². The Hall–Kier alpha value is -1.36. The highest BCUT2D eigenvalue weighted by Crippen LogP contribution is 2.09. The van der Waals surface area contributed by atoms with Crippen molar-refractivity contribution in [3.8, 4) is 0 Å². The van der Waals surface area contributed by atoms with E-state index in [0.717, 1.165) is 19.6 Å². The van der Waals surface area contributed by atoms with Crippen LogP contribution in [-0.2, 0) is 4.74 Å². The smallest absolute Gasteiger partial charge is 0.321 e. The zero-order valence-corrected chi connectivity index (χ0v) is 8.12. The molecule has 2 rings (SSSR count). The lowest BCUT2D eigenvalue weighted by Gasteiger charge is -2.12. The van der Waals surface area contributed by atoms with E-state index in [9.17, 15) is 0 Å². The first-order valence-electron chi connectivity index (χ1n) is 4.64. The standard InChI is InChI=1S/C9H13N3O2/c1-7-11-9(14-12-7)10-6-8-2-4-13-5-3-8/h2H,3-6H2,1H3,(H,10,11,12). The summed E-state index contributed by atoms with van der Waals surface area (Å²) < 4.78 is 10.1. The number of aryl methyl sites for hydroxylation is 1. The topological polar surface area (TPSA) is 60.2 Å². The second-order valence-electron chi connectivity index (χ2n) is 3.19. The van der Waals surface area contributed by atoms with Crippen LogP contribution in [0.3, 0.4) is 0 Å². The van der Waals surface area contributed by atoms with Crippen molar-refractivity contribution >= 4 is 6.01 Å². The van der Waals surface area contributed by atoms with Gasteiger partial charge in [0.2, 0.25) is 0 Å². The van der Waals surface area contributed by atoms with Gasteiger partial charge < -0.3 is 14.6 Å². The number of anilines is 1. The molecule has 5 nitrogen and oxygen atoms in total.